The number of alkyl halides is 3. The number of hydrogen-bond donors (Lipinski definition) is 2. The lowest BCUT2D eigenvalue weighted by atomic mass is 10.0. The van der Waals surface area contributed by atoms with Crippen LogP contribution in [0.2, 0.25) is 0 Å². The van der Waals surface area contributed by atoms with Gasteiger partial charge in [-0.05, 0) is 30.0 Å². The molecule has 2 heterocycles. The van der Waals surface area contributed by atoms with Gasteiger partial charge in [0.1, 0.15) is 12.6 Å². The topological polar surface area (TPSA) is 87.5 Å². The van der Waals surface area contributed by atoms with Gasteiger partial charge in [-0.3, -0.25) is 9.59 Å². The summed E-state index contributed by atoms with van der Waals surface area (Å²) >= 11 is 0. The summed E-state index contributed by atoms with van der Waals surface area (Å²) in [4.78, 5) is 25.2. The average Bonchev–Trinajstić information content (AvgIpc) is 3.18. The molecule has 29 heavy (non-hydrogen) atoms. The minimum atomic E-state index is -4.50. The maximum atomic E-state index is 12.5. The number of hydrogen-bond acceptors (Lipinski definition) is 4. The van der Waals surface area contributed by atoms with Crippen molar-refractivity contribution in [2.24, 2.45) is 0 Å². The van der Waals surface area contributed by atoms with Crippen LogP contribution < -0.4 is 5.32 Å². The first-order valence-electron chi connectivity index (χ1n) is 9.10. The Hall–Kier alpha value is -3.04. The van der Waals surface area contributed by atoms with E-state index in [9.17, 15) is 27.9 Å². The molecule has 1 aromatic carbocycles. The summed E-state index contributed by atoms with van der Waals surface area (Å²) < 4.78 is 38.8. The van der Waals surface area contributed by atoms with E-state index in [1.165, 1.54) is 10.9 Å². The molecule has 1 fully saturated rings. The van der Waals surface area contributed by atoms with Gasteiger partial charge < -0.3 is 15.3 Å². The Morgan fingerprint density at radius 2 is 2.10 bits per heavy atom. The van der Waals surface area contributed by atoms with Gasteiger partial charge in [0.15, 0.2) is 11.4 Å². The summed E-state index contributed by atoms with van der Waals surface area (Å²) in [6.07, 6.45) is -3.19. The molecule has 2 amide bonds. The van der Waals surface area contributed by atoms with E-state index < -0.39 is 36.3 Å². The molecule has 0 unspecified atom stereocenters. The first-order chi connectivity index (χ1) is 13.5. The molecule has 1 aliphatic rings. The van der Waals surface area contributed by atoms with Crippen molar-refractivity contribution in [3.63, 3.8) is 0 Å². The first-order valence-corrected chi connectivity index (χ1v) is 9.10. The zero-order valence-electron chi connectivity index (χ0n) is 15.9. The van der Waals surface area contributed by atoms with E-state index in [0.717, 1.165) is 5.56 Å². The van der Waals surface area contributed by atoms with Crippen LogP contribution in [0.3, 0.4) is 0 Å². The third-order valence-electron chi connectivity index (χ3n) is 4.68. The molecule has 3 rings (SSSR count). The Balaban J connectivity index is 1.73. The Morgan fingerprint density at radius 1 is 1.38 bits per heavy atom. The average molecular weight is 410 g/mol. The summed E-state index contributed by atoms with van der Waals surface area (Å²) in [6.45, 7) is 2.59. The minimum absolute atomic E-state index is 0.0541. The van der Waals surface area contributed by atoms with Crippen molar-refractivity contribution in [3.8, 4) is 11.4 Å². The molecule has 0 spiro atoms. The Kier molecular flexibility index (Phi) is 5.54. The number of likely N-dealkylation sites (tertiary alicyclic amines) is 1. The van der Waals surface area contributed by atoms with Gasteiger partial charge in [0, 0.05) is 6.54 Å². The number of aromatic nitrogens is 2. The van der Waals surface area contributed by atoms with Gasteiger partial charge in [-0.15, -0.1) is 0 Å². The molecule has 1 aromatic heterocycles. The SMILES string of the molecule is CC(C)c1cccc(-n2cc(O)c(C(=O)N[C@@H]3CCN(CC(F)(F)F)C3=O)n2)c1. The summed E-state index contributed by atoms with van der Waals surface area (Å²) in [5, 5.41) is 16.5. The number of carbonyl (C=O) groups excluding carboxylic acids is 2. The van der Waals surface area contributed by atoms with E-state index in [2.05, 4.69) is 10.4 Å². The fourth-order valence-electron chi connectivity index (χ4n) is 3.16. The predicted molar refractivity (Wildman–Crippen MR) is 97.8 cm³/mol. The molecule has 2 N–H and O–H groups in total. The number of carbonyl (C=O) groups is 2. The van der Waals surface area contributed by atoms with Gasteiger partial charge in [0.05, 0.1) is 11.9 Å². The number of rotatable bonds is 5. The molecular weight excluding hydrogens is 389 g/mol. The summed E-state index contributed by atoms with van der Waals surface area (Å²) in [7, 11) is 0. The third-order valence-corrected chi connectivity index (χ3v) is 4.68. The number of aromatic hydroxyl groups is 1. The molecule has 1 aliphatic heterocycles. The van der Waals surface area contributed by atoms with Crippen molar-refractivity contribution in [2.45, 2.75) is 38.4 Å². The van der Waals surface area contributed by atoms with E-state index in [-0.39, 0.29) is 24.6 Å². The van der Waals surface area contributed by atoms with Crippen LogP contribution in [-0.4, -0.2) is 56.9 Å². The number of nitrogens with one attached hydrogen (secondary N) is 1. The van der Waals surface area contributed by atoms with Crippen molar-refractivity contribution >= 4 is 11.8 Å². The number of benzene rings is 1. The lowest BCUT2D eigenvalue weighted by molar-refractivity contribution is -0.157. The molecule has 0 radical (unpaired) electrons. The fourth-order valence-corrected chi connectivity index (χ4v) is 3.16. The number of halogens is 3. The van der Waals surface area contributed by atoms with E-state index in [4.69, 9.17) is 0 Å². The largest absolute Gasteiger partial charge is 0.504 e. The Bertz CT molecular complexity index is 924. The summed E-state index contributed by atoms with van der Waals surface area (Å²) in [5.41, 5.74) is 1.38. The second-order valence-corrected chi connectivity index (χ2v) is 7.25. The predicted octanol–water partition coefficient (Wildman–Crippen LogP) is 2.59. The van der Waals surface area contributed by atoms with Crippen molar-refractivity contribution in [2.75, 3.05) is 13.1 Å². The second kappa shape index (κ2) is 7.76. The molecule has 10 heteroatoms. The molecule has 1 saturated heterocycles. The zero-order chi connectivity index (χ0) is 21.3. The highest BCUT2D eigenvalue weighted by Crippen LogP contribution is 2.23. The van der Waals surface area contributed by atoms with Gasteiger partial charge in [0.25, 0.3) is 5.91 Å². The molecule has 156 valence electrons. The smallest absolute Gasteiger partial charge is 0.406 e. The highest BCUT2D eigenvalue weighted by Gasteiger charge is 2.40. The maximum absolute atomic E-state index is 12.5. The number of amides is 2. The standard InChI is InChI=1S/C19H21F3N4O3/c1-11(2)12-4-3-5-13(8-12)26-9-15(27)16(24-26)17(28)23-14-6-7-25(18(14)29)10-19(20,21)22/h3-5,8-9,11,14,27H,6-7,10H2,1-2H3,(H,23,28)/t14-/m1/s1. The fraction of sp³-hybridized carbons (Fsp3) is 0.421. The van der Waals surface area contributed by atoms with Crippen molar-refractivity contribution in [3.05, 3.63) is 41.7 Å². The Morgan fingerprint density at radius 3 is 2.76 bits per heavy atom. The van der Waals surface area contributed by atoms with Gasteiger partial charge in [0.2, 0.25) is 5.91 Å². The molecule has 7 nitrogen and oxygen atoms in total. The van der Waals surface area contributed by atoms with Crippen LogP contribution in [0.25, 0.3) is 5.69 Å². The van der Waals surface area contributed by atoms with Crippen molar-refractivity contribution in [1.29, 1.82) is 0 Å². The molecule has 0 aliphatic carbocycles. The minimum Gasteiger partial charge on any atom is -0.504 e. The van der Waals surface area contributed by atoms with Crippen LogP contribution in [0.5, 0.6) is 5.75 Å². The number of nitrogens with zero attached hydrogens (tertiary/aromatic N) is 3. The van der Waals surface area contributed by atoms with E-state index >= 15 is 0 Å². The third kappa shape index (κ3) is 4.69. The van der Waals surface area contributed by atoms with Crippen LogP contribution in [0, 0.1) is 0 Å². The second-order valence-electron chi connectivity index (χ2n) is 7.25. The van der Waals surface area contributed by atoms with Gasteiger partial charge in [-0.25, -0.2) is 4.68 Å². The van der Waals surface area contributed by atoms with Crippen molar-refractivity contribution < 1.29 is 27.9 Å². The van der Waals surface area contributed by atoms with Gasteiger partial charge in [-0.2, -0.15) is 18.3 Å². The molecule has 0 bridgehead atoms. The van der Waals surface area contributed by atoms with E-state index in [1.54, 1.807) is 6.07 Å². The molecule has 2 aromatic rings. The van der Waals surface area contributed by atoms with Gasteiger partial charge in [-0.1, -0.05) is 26.0 Å². The summed E-state index contributed by atoms with van der Waals surface area (Å²) in [5.74, 6) is -1.75. The zero-order valence-corrected chi connectivity index (χ0v) is 15.9. The van der Waals surface area contributed by atoms with E-state index in [0.29, 0.717) is 10.6 Å². The van der Waals surface area contributed by atoms with Crippen LogP contribution in [-0.2, 0) is 4.79 Å². The highest BCUT2D eigenvalue weighted by molar-refractivity contribution is 5.98. The maximum Gasteiger partial charge on any atom is 0.406 e. The Labute approximate surface area is 165 Å². The quantitative estimate of drug-likeness (QED) is 0.793. The molecular formula is C19H21F3N4O3. The van der Waals surface area contributed by atoms with Crippen LogP contribution in [0.15, 0.2) is 30.5 Å². The van der Waals surface area contributed by atoms with E-state index in [1.807, 2.05) is 32.0 Å². The van der Waals surface area contributed by atoms with Crippen molar-refractivity contribution in [1.82, 2.24) is 20.0 Å². The molecule has 0 saturated carbocycles. The highest BCUT2D eigenvalue weighted by atomic mass is 19.4. The molecule has 1 atom stereocenters. The van der Waals surface area contributed by atoms with Crippen LogP contribution in [0.1, 0.15) is 42.2 Å². The lowest BCUT2D eigenvalue weighted by Crippen LogP contribution is -2.43. The normalized spacial score (nSPS) is 17.2. The first kappa shape index (κ1) is 20.7. The lowest BCUT2D eigenvalue weighted by Gasteiger charge is -2.18. The summed E-state index contributed by atoms with van der Waals surface area (Å²) in [6, 6.07) is 6.32. The monoisotopic (exact) mass is 410 g/mol. The van der Waals surface area contributed by atoms with Crippen LogP contribution in [0.4, 0.5) is 13.2 Å². The van der Waals surface area contributed by atoms with Crippen LogP contribution >= 0.6 is 0 Å². The van der Waals surface area contributed by atoms with Gasteiger partial charge >= 0.3 is 6.18 Å².